The van der Waals surface area contributed by atoms with E-state index in [2.05, 4.69) is 41.5 Å². The van der Waals surface area contributed by atoms with Crippen molar-refractivity contribution in [1.82, 2.24) is 0 Å². The molecule has 2 N–H and O–H groups in total. The lowest BCUT2D eigenvalue weighted by Crippen LogP contribution is -2.69. The van der Waals surface area contributed by atoms with Crippen LogP contribution >= 0.6 is 0 Å². The molecule has 0 amide bonds. The summed E-state index contributed by atoms with van der Waals surface area (Å²) in [4.78, 5) is 0. The molecule has 5 fully saturated rings. The van der Waals surface area contributed by atoms with E-state index in [0.717, 1.165) is 18.8 Å². The van der Waals surface area contributed by atoms with Gasteiger partial charge in [0.1, 0.15) is 0 Å². The molecule has 0 bridgehead atoms. The third-order valence-corrected chi connectivity index (χ3v) is 13.6. The minimum Gasteiger partial charge on any atom is -0.393 e. The fourth-order valence-corrected chi connectivity index (χ4v) is 12.2. The first-order valence-corrected chi connectivity index (χ1v) is 14.0. The van der Waals surface area contributed by atoms with Crippen molar-refractivity contribution in [3.05, 3.63) is 0 Å². The third kappa shape index (κ3) is 2.78. The molecule has 5 saturated carbocycles. The molecule has 0 saturated heterocycles. The average Bonchev–Trinajstić information content (AvgIpc) is 3.00. The van der Waals surface area contributed by atoms with E-state index >= 15 is 0 Å². The van der Waals surface area contributed by atoms with Crippen molar-refractivity contribution in [1.29, 1.82) is 0 Å². The second kappa shape index (κ2) is 6.77. The normalized spacial score (nSPS) is 57.2. The molecule has 5 aliphatic carbocycles. The van der Waals surface area contributed by atoms with Gasteiger partial charge in [-0.2, -0.15) is 0 Å². The zero-order chi connectivity index (χ0) is 23.5. The van der Waals surface area contributed by atoms with Gasteiger partial charge in [0, 0.05) is 0 Å². The Morgan fingerprint density at radius 1 is 0.719 bits per heavy atom. The molecule has 5 aliphatic rings. The minimum absolute atomic E-state index is 0.170. The molecule has 0 unspecified atom stereocenters. The lowest BCUT2D eigenvalue weighted by molar-refractivity contribution is -0.274. The number of aliphatic hydroxyl groups is 2. The van der Waals surface area contributed by atoms with E-state index < -0.39 is 5.60 Å². The Labute approximate surface area is 198 Å². The highest BCUT2D eigenvalue weighted by molar-refractivity contribution is 5.21. The minimum atomic E-state index is -0.588. The van der Waals surface area contributed by atoms with Crippen LogP contribution in [-0.2, 0) is 0 Å². The molecular weight excluding hydrogens is 392 g/mol. The summed E-state index contributed by atoms with van der Waals surface area (Å²) < 4.78 is 0. The van der Waals surface area contributed by atoms with Crippen molar-refractivity contribution in [3.63, 3.8) is 0 Å². The van der Waals surface area contributed by atoms with Crippen LogP contribution in [0.3, 0.4) is 0 Å². The number of hydrogen-bond acceptors (Lipinski definition) is 2. The van der Waals surface area contributed by atoms with Crippen molar-refractivity contribution in [3.8, 4) is 0 Å². The third-order valence-electron chi connectivity index (χ3n) is 13.6. The van der Waals surface area contributed by atoms with Crippen LogP contribution in [0.5, 0.6) is 0 Å². The van der Waals surface area contributed by atoms with Gasteiger partial charge in [-0.05, 0) is 128 Å². The lowest BCUT2D eigenvalue weighted by Gasteiger charge is -2.74. The van der Waals surface area contributed by atoms with Gasteiger partial charge in [-0.15, -0.1) is 0 Å². The van der Waals surface area contributed by atoms with E-state index in [4.69, 9.17) is 0 Å². The summed E-state index contributed by atoms with van der Waals surface area (Å²) in [5, 5.41) is 23.0. The zero-order valence-corrected chi connectivity index (χ0v) is 22.4. The smallest absolute Gasteiger partial charge is 0.0622 e. The van der Waals surface area contributed by atoms with Crippen molar-refractivity contribution in [2.75, 3.05) is 0 Å². The van der Waals surface area contributed by atoms with E-state index in [1.165, 1.54) is 51.4 Å². The Hall–Kier alpha value is -0.0800. The Bertz CT molecular complexity index is 765. The monoisotopic (exact) mass is 444 g/mol. The Balaban J connectivity index is 1.56. The highest BCUT2D eigenvalue weighted by atomic mass is 16.3. The molecule has 0 heterocycles. The van der Waals surface area contributed by atoms with Gasteiger partial charge in [0.15, 0.2) is 0 Å². The second-order valence-electron chi connectivity index (χ2n) is 15.6. The predicted octanol–water partition coefficient (Wildman–Crippen LogP) is 7.22. The first-order chi connectivity index (χ1) is 14.6. The topological polar surface area (TPSA) is 40.5 Å². The Kier molecular flexibility index (Phi) is 5.01. The number of hydrogen-bond donors (Lipinski definition) is 2. The van der Waals surface area contributed by atoms with E-state index in [1.807, 2.05) is 13.8 Å². The summed E-state index contributed by atoms with van der Waals surface area (Å²) in [6, 6.07) is 0. The highest BCUT2D eigenvalue weighted by Gasteiger charge is 2.72. The van der Waals surface area contributed by atoms with Gasteiger partial charge in [-0.3, -0.25) is 0 Å². The molecule has 0 aromatic carbocycles. The van der Waals surface area contributed by atoms with Gasteiger partial charge in [-0.25, -0.2) is 0 Å². The summed E-state index contributed by atoms with van der Waals surface area (Å²) in [5.74, 6) is 2.77. The van der Waals surface area contributed by atoms with Crippen LogP contribution in [0.2, 0.25) is 0 Å². The van der Waals surface area contributed by atoms with Crippen LogP contribution in [0.1, 0.15) is 120 Å². The van der Waals surface area contributed by atoms with Gasteiger partial charge in [0.05, 0.1) is 11.7 Å². The fourth-order valence-electron chi connectivity index (χ4n) is 12.2. The van der Waals surface area contributed by atoms with Crippen molar-refractivity contribution in [2.24, 2.45) is 56.7 Å². The average molecular weight is 445 g/mol. The van der Waals surface area contributed by atoms with E-state index in [9.17, 15) is 10.2 Å². The van der Waals surface area contributed by atoms with E-state index in [1.54, 1.807) is 0 Å². The molecule has 184 valence electrons. The standard InChI is InChI=1S/C30H52O2/c1-25(2)13-9-14-28(6)22(25)12-17-30(8)24(28)21(31)18-23-27(5)15-10-19(26(3,4)32)20(27)11-16-29(23,30)7/h19-24,31-32H,9-18H2,1-8H3/t19-,20-,21-,22+,23+,24+,27-,28-,29+,30+/m0/s1. The van der Waals surface area contributed by atoms with E-state index in [-0.39, 0.29) is 22.3 Å². The van der Waals surface area contributed by atoms with Gasteiger partial charge >= 0.3 is 0 Å². The maximum Gasteiger partial charge on any atom is 0.0622 e. The molecule has 0 aromatic heterocycles. The van der Waals surface area contributed by atoms with Crippen LogP contribution in [0.15, 0.2) is 0 Å². The molecule has 10 atom stereocenters. The molecule has 0 aliphatic heterocycles. The Morgan fingerprint density at radius 2 is 1.38 bits per heavy atom. The van der Waals surface area contributed by atoms with Crippen LogP contribution in [0.4, 0.5) is 0 Å². The number of aliphatic hydroxyl groups excluding tert-OH is 1. The van der Waals surface area contributed by atoms with Crippen LogP contribution in [0, 0.1) is 56.7 Å². The van der Waals surface area contributed by atoms with Gasteiger partial charge in [0.2, 0.25) is 0 Å². The Morgan fingerprint density at radius 3 is 2.03 bits per heavy atom. The zero-order valence-electron chi connectivity index (χ0n) is 22.4. The molecule has 2 heteroatoms. The quantitative estimate of drug-likeness (QED) is 0.448. The van der Waals surface area contributed by atoms with Gasteiger partial charge in [0.25, 0.3) is 0 Å². The molecule has 32 heavy (non-hydrogen) atoms. The fraction of sp³-hybridized carbons (Fsp3) is 1.00. The summed E-state index contributed by atoms with van der Waals surface area (Å²) in [7, 11) is 0. The largest absolute Gasteiger partial charge is 0.393 e. The summed E-state index contributed by atoms with van der Waals surface area (Å²) >= 11 is 0. The maximum absolute atomic E-state index is 12.0. The van der Waals surface area contributed by atoms with Gasteiger partial charge in [-0.1, -0.05) is 48.0 Å². The lowest BCUT2D eigenvalue weighted by atomic mass is 9.31. The van der Waals surface area contributed by atoms with Crippen molar-refractivity contribution in [2.45, 2.75) is 131 Å². The SMILES string of the molecule is CC(C)(O)[C@H]1CC[C@]2(C)[C@H]3C[C@H](O)[C@@H]4[C@@]5(C)CCCC(C)(C)[C@H]5CC[C@@]4(C)[C@]3(C)CC[C@@H]12. The summed E-state index contributed by atoms with van der Waals surface area (Å²) in [6.07, 6.45) is 12.4. The number of fused-ring (bicyclic) bond motifs is 7. The van der Waals surface area contributed by atoms with E-state index in [0.29, 0.717) is 34.5 Å². The molecule has 0 radical (unpaired) electrons. The first kappa shape index (κ1) is 23.7. The number of rotatable bonds is 1. The molecule has 0 aromatic rings. The second-order valence-corrected chi connectivity index (χ2v) is 15.6. The summed E-state index contributed by atoms with van der Waals surface area (Å²) in [6.45, 7) is 19.5. The molecule has 5 rings (SSSR count). The van der Waals surface area contributed by atoms with Crippen molar-refractivity contribution >= 4 is 0 Å². The van der Waals surface area contributed by atoms with Crippen LogP contribution < -0.4 is 0 Å². The molecule has 0 spiro atoms. The van der Waals surface area contributed by atoms with Crippen molar-refractivity contribution < 1.29 is 10.2 Å². The molecule has 2 nitrogen and oxygen atoms in total. The first-order valence-electron chi connectivity index (χ1n) is 14.0. The van der Waals surface area contributed by atoms with Crippen LogP contribution in [-0.4, -0.2) is 21.9 Å². The molecular formula is C30H52O2. The van der Waals surface area contributed by atoms with Gasteiger partial charge < -0.3 is 10.2 Å². The van der Waals surface area contributed by atoms with Crippen LogP contribution in [0.25, 0.3) is 0 Å². The summed E-state index contributed by atoms with van der Waals surface area (Å²) in [5.41, 5.74) is 0.859. The predicted molar refractivity (Wildman–Crippen MR) is 132 cm³/mol. The maximum atomic E-state index is 12.0. The highest BCUT2D eigenvalue weighted by Crippen LogP contribution is 2.78.